The molecule has 0 aliphatic carbocycles. The molecule has 0 aromatic heterocycles. The molecule has 2 aliphatic heterocycles. The smallest absolute Gasteiger partial charge is 0.303 e. The molecule has 43 heavy (non-hydrogen) atoms. The number of esters is 1. The largest absolute Gasteiger partial charge is 0.453 e. The topological polar surface area (TPSA) is 97.3 Å². The van der Waals surface area contributed by atoms with E-state index in [1.807, 2.05) is 60.7 Å². The van der Waals surface area contributed by atoms with Crippen LogP contribution in [0.2, 0.25) is 0 Å². The van der Waals surface area contributed by atoms with Gasteiger partial charge in [-0.15, -0.1) is 0 Å². The van der Waals surface area contributed by atoms with Crippen molar-refractivity contribution in [1.29, 1.82) is 0 Å². The van der Waals surface area contributed by atoms with E-state index in [2.05, 4.69) is 22.3 Å². The summed E-state index contributed by atoms with van der Waals surface area (Å²) in [6.45, 7) is 6.28. The summed E-state index contributed by atoms with van der Waals surface area (Å²) in [5.41, 5.74) is 5.89. The maximum Gasteiger partial charge on any atom is 0.303 e. The van der Waals surface area contributed by atoms with E-state index in [1.165, 1.54) is 26.2 Å². The van der Waals surface area contributed by atoms with Crippen LogP contribution in [0.5, 0.6) is 0 Å². The SMILES string of the molecule is CC(=O)O[C@@H](C)C(=O)NCc1ccccc1-c1ccc([C@@H]2O[C@H](CN3CCCCC3)C[C@H](c3ccc(CO)cc3)O2)cc1. The van der Waals surface area contributed by atoms with Crippen molar-refractivity contribution in [2.24, 2.45) is 0 Å². The number of ether oxygens (including phenoxy) is 3. The maximum atomic E-state index is 12.4. The Morgan fingerprint density at radius 1 is 0.953 bits per heavy atom. The molecule has 3 aromatic rings. The van der Waals surface area contributed by atoms with Crippen molar-refractivity contribution in [3.05, 3.63) is 95.1 Å². The number of benzene rings is 3. The molecule has 3 aromatic carbocycles. The Morgan fingerprint density at radius 3 is 2.35 bits per heavy atom. The second kappa shape index (κ2) is 14.8. The molecule has 2 saturated heterocycles. The van der Waals surface area contributed by atoms with E-state index in [0.717, 1.165) is 59.4 Å². The molecular weight excluding hydrogens is 544 g/mol. The number of nitrogens with zero attached hydrogens (tertiary/aromatic N) is 1. The number of piperidine rings is 1. The van der Waals surface area contributed by atoms with Crippen LogP contribution in [-0.2, 0) is 37.0 Å². The maximum absolute atomic E-state index is 12.4. The highest BCUT2D eigenvalue weighted by atomic mass is 16.7. The molecule has 0 unspecified atom stereocenters. The Labute approximate surface area is 254 Å². The Hall–Kier alpha value is -3.56. The Kier molecular flexibility index (Phi) is 10.6. The van der Waals surface area contributed by atoms with Gasteiger partial charge in [-0.25, -0.2) is 0 Å². The lowest BCUT2D eigenvalue weighted by Gasteiger charge is -2.39. The van der Waals surface area contributed by atoms with Crippen molar-refractivity contribution in [2.45, 2.75) is 77.3 Å². The number of amides is 1. The lowest BCUT2D eigenvalue weighted by atomic mass is 9.97. The fourth-order valence-electron chi connectivity index (χ4n) is 5.87. The number of aliphatic hydroxyl groups is 1. The third-order valence-electron chi connectivity index (χ3n) is 8.20. The fourth-order valence-corrected chi connectivity index (χ4v) is 5.87. The zero-order chi connectivity index (χ0) is 30.2. The van der Waals surface area contributed by atoms with Gasteiger partial charge in [-0.1, -0.05) is 79.2 Å². The lowest BCUT2D eigenvalue weighted by molar-refractivity contribution is -0.253. The van der Waals surface area contributed by atoms with Crippen LogP contribution >= 0.6 is 0 Å². The number of carbonyl (C=O) groups excluding carboxylic acids is 2. The minimum Gasteiger partial charge on any atom is -0.453 e. The Bertz CT molecular complexity index is 1350. The standard InChI is InChI=1S/C35H42N2O6/c1-24(41-25(2)39)34(40)36-21-30-8-4-5-9-32(30)27-14-16-29(17-15-27)35-42-31(22-37-18-6-3-7-19-37)20-33(43-35)28-12-10-26(23-38)11-13-28/h4-5,8-17,24,31,33,35,38H,3,6-7,18-23H2,1-2H3,(H,36,40)/t24-,31-,33+,35+/m0/s1. The van der Waals surface area contributed by atoms with Gasteiger partial charge < -0.3 is 29.5 Å². The number of carbonyl (C=O) groups is 2. The van der Waals surface area contributed by atoms with Gasteiger partial charge in [-0.05, 0) is 60.7 Å². The monoisotopic (exact) mass is 586 g/mol. The molecule has 2 N–H and O–H groups in total. The first-order valence-electron chi connectivity index (χ1n) is 15.3. The van der Waals surface area contributed by atoms with Crippen LogP contribution in [-0.4, -0.2) is 53.7 Å². The molecule has 0 saturated carbocycles. The van der Waals surface area contributed by atoms with Crippen molar-refractivity contribution in [2.75, 3.05) is 19.6 Å². The van der Waals surface area contributed by atoms with Gasteiger partial charge in [0.15, 0.2) is 12.4 Å². The average Bonchev–Trinajstić information content (AvgIpc) is 3.04. The van der Waals surface area contributed by atoms with Crippen LogP contribution in [0.3, 0.4) is 0 Å². The highest BCUT2D eigenvalue weighted by Crippen LogP contribution is 2.39. The number of rotatable bonds is 10. The molecule has 2 fully saturated rings. The molecule has 1 amide bonds. The summed E-state index contributed by atoms with van der Waals surface area (Å²) in [6, 6.07) is 24.1. The Morgan fingerprint density at radius 2 is 1.65 bits per heavy atom. The van der Waals surface area contributed by atoms with Crippen LogP contribution in [0.4, 0.5) is 0 Å². The summed E-state index contributed by atoms with van der Waals surface area (Å²) in [5.74, 6) is -0.829. The van der Waals surface area contributed by atoms with Gasteiger partial charge in [-0.3, -0.25) is 9.59 Å². The summed E-state index contributed by atoms with van der Waals surface area (Å²) >= 11 is 0. The number of aliphatic hydroxyl groups excluding tert-OH is 1. The summed E-state index contributed by atoms with van der Waals surface area (Å²) in [5, 5.41) is 12.4. The highest BCUT2D eigenvalue weighted by Gasteiger charge is 2.33. The summed E-state index contributed by atoms with van der Waals surface area (Å²) in [6.07, 6.45) is 3.11. The third kappa shape index (κ3) is 8.30. The molecule has 2 heterocycles. The van der Waals surface area contributed by atoms with Crippen molar-refractivity contribution in [1.82, 2.24) is 10.2 Å². The zero-order valence-electron chi connectivity index (χ0n) is 25.0. The van der Waals surface area contributed by atoms with Crippen LogP contribution in [0.25, 0.3) is 11.1 Å². The average molecular weight is 587 g/mol. The number of hydrogen-bond acceptors (Lipinski definition) is 7. The number of likely N-dealkylation sites (tertiary alicyclic amines) is 1. The van der Waals surface area contributed by atoms with Gasteiger partial charge in [0, 0.05) is 32.0 Å². The fraction of sp³-hybridized carbons (Fsp3) is 0.429. The van der Waals surface area contributed by atoms with Gasteiger partial charge in [0.1, 0.15) is 0 Å². The molecular formula is C35H42N2O6. The predicted molar refractivity (Wildman–Crippen MR) is 164 cm³/mol. The van der Waals surface area contributed by atoms with Crippen molar-refractivity contribution in [3.8, 4) is 11.1 Å². The predicted octanol–water partition coefficient (Wildman–Crippen LogP) is 5.45. The minimum absolute atomic E-state index is 0.0182. The van der Waals surface area contributed by atoms with E-state index in [9.17, 15) is 14.7 Å². The highest BCUT2D eigenvalue weighted by molar-refractivity contribution is 5.83. The van der Waals surface area contributed by atoms with E-state index in [0.29, 0.717) is 6.54 Å². The van der Waals surface area contributed by atoms with Gasteiger partial charge in [-0.2, -0.15) is 0 Å². The van der Waals surface area contributed by atoms with E-state index >= 15 is 0 Å². The van der Waals surface area contributed by atoms with E-state index < -0.39 is 18.4 Å². The normalized spacial score (nSPS) is 21.6. The Balaban J connectivity index is 1.31. The van der Waals surface area contributed by atoms with Crippen LogP contribution in [0.1, 0.15) is 74.2 Å². The van der Waals surface area contributed by atoms with E-state index in [1.54, 1.807) is 6.92 Å². The quantitative estimate of drug-likeness (QED) is 0.305. The number of hydrogen-bond donors (Lipinski definition) is 2. The van der Waals surface area contributed by atoms with Gasteiger partial charge in [0.2, 0.25) is 0 Å². The minimum atomic E-state index is -0.852. The molecule has 228 valence electrons. The molecule has 5 rings (SSSR count). The molecule has 8 nitrogen and oxygen atoms in total. The molecule has 2 aliphatic rings. The summed E-state index contributed by atoms with van der Waals surface area (Å²) in [4.78, 5) is 26.1. The van der Waals surface area contributed by atoms with Crippen molar-refractivity contribution in [3.63, 3.8) is 0 Å². The third-order valence-corrected chi connectivity index (χ3v) is 8.20. The van der Waals surface area contributed by atoms with E-state index in [4.69, 9.17) is 14.2 Å². The molecule has 0 bridgehead atoms. The van der Waals surface area contributed by atoms with Crippen molar-refractivity contribution < 1.29 is 28.9 Å². The van der Waals surface area contributed by atoms with E-state index in [-0.39, 0.29) is 24.7 Å². The molecule has 0 spiro atoms. The summed E-state index contributed by atoms with van der Waals surface area (Å²) < 4.78 is 18.1. The van der Waals surface area contributed by atoms with Crippen LogP contribution < -0.4 is 5.32 Å². The zero-order valence-corrected chi connectivity index (χ0v) is 25.0. The van der Waals surface area contributed by atoms with Crippen molar-refractivity contribution >= 4 is 11.9 Å². The molecule has 4 atom stereocenters. The van der Waals surface area contributed by atoms with Crippen LogP contribution in [0.15, 0.2) is 72.8 Å². The molecule has 8 heteroatoms. The molecule has 0 radical (unpaired) electrons. The van der Waals surface area contributed by atoms with Crippen LogP contribution in [0, 0.1) is 0 Å². The summed E-state index contributed by atoms with van der Waals surface area (Å²) in [7, 11) is 0. The first kappa shape index (κ1) is 30.9. The lowest BCUT2D eigenvalue weighted by Crippen LogP contribution is -2.41. The second-order valence-corrected chi connectivity index (χ2v) is 11.5. The first-order valence-corrected chi connectivity index (χ1v) is 15.3. The van der Waals surface area contributed by atoms with Gasteiger partial charge >= 0.3 is 5.97 Å². The number of nitrogens with one attached hydrogen (secondary N) is 1. The van der Waals surface area contributed by atoms with Gasteiger partial charge in [0.25, 0.3) is 5.91 Å². The van der Waals surface area contributed by atoms with Gasteiger partial charge in [0.05, 0.1) is 18.8 Å². The second-order valence-electron chi connectivity index (χ2n) is 11.5. The first-order chi connectivity index (χ1) is 20.9.